The predicted octanol–water partition coefficient (Wildman–Crippen LogP) is 6.20. The highest BCUT2D eigenvalue weighted by molar-refractivity contribution is 5.96. The summed E-state index contributed by atoms with van der Waals surface area (Å²) >= 11 is 0. The Morgan fingerprint density at radius 2 is 1.58 bits per heavy atom. The van der Waals surface area contributed by atoms with Gasteiger partial charge in [0.25, 0.3) is 0 Å². The van der Waals surface area contributed by atoms with Gasteiger partial charge in [-0.1, -0.05) is 81.9 Å². The molecule has 0 radical (unpaired) electrons. The molecule has 0 aromatic heterocycles. The van der Waals surface area contributed by atoms with Gasteiger partial charge >= 0.3 is 0 Å². The molecular formula is C22H28O2. The Balaban J connectivity index is 1.81. The molecule has 3 rings (SSSR count). The molecule has 0 aliphatic heterocycles. The van der Waals surface area contributed by atoms with E-state index in [1.807, 2.05) is 24.3 Å². The lowest BCUT2D eigenvalue weighted by molar-refractivity contribution is 0.451. The number of hydrogen-bond acceptors (Lipinski definition) is 2. The molecule has 1 atom stereocenters. The van der Waals surface area contributed by atoms with Gasteiger partial charge in [-0.25, -0.2) is 0 Å². The van der Waals surface area contributed by atoms with Gasteiger partial charge < -0.3 is 10.2 Å². The molecule has 0 spiro atoms. The Labute approximate surface area is 144 Å². The Morgan fingerprint density at radius 3 is 2.33 bits per heavy atom. The van der Waals surface area contributed by atoms with Crippen molar-refractivity contribution in [2.24, 2.45) is 0 Å². The Hall–Kier alpha value is -1.96. The van der Waals surface area contributed by atoms with Crippen LogP contribution < -0.4 is 0 Å². The van der Waals surface area contributed by atoms with Crippen molar-refractivity contribution < 1.29 is 10.2 Å². The molecule has 0 saturated carbocycles. The topological polar surface area (TPSA) is 40.5 Å². The molecule has 2 aromatic rings. The quantitative estimate of drug-likeness (QED) is 0.362. The molecule has 1 unspecified atom stereocenters. The predicted molar refractivity (Wildman–Crippen MR) is 101 cm³/mol. The standard InChI is InChI=1S/C22H28O2/c1-2-3-4-5-6-7-11-16-12-10-15-19-20(16)22(24)18-14-9-8-13-17(18)21(19)23/h8-10,12-14,16,23-24H,2-7,11,15H2,1H3. The van der Waals surface area contributed by atoms with Crippen molar-refractivity contribution in [3.8, 4) is 11.5 Å². The van der Waals surface area contributed by atoms with Crippen molar-refractivity contribution >= 4 is 10.8 Å². The summed E-state index contributed by atoms with van der Waals surface area (Å²) in [5.41, 5.74) is 1.85. The van der Waals surface area contributed by atoms with Crippen LogP contribution in [-0.2, 0) is 6.42 Å². The van der Waals surface area contributed by atoms with Crippen LogP contribution in [0.4, 0.5) is 0 Å². The first kappa shape index (κ1) is 16.9. The molecule has 1 aliphatic rings. The van der Waals surface area contributed by atoms with E-state index in [-0.39, 0.29) is 5.92 Å². The highest BCUT2D eigenvalue weighted by Crippen LogP contribution is 2.46. The zero-order valence-corrected chi connectivity index (χ0v) is 14.6. The minimum atomic E-state index is 0.218. The number of hydrogen-bond donors (Lipinski definition) is 2. The van der Waals surface area contributed by atoms with E-state index in [9.17, 15) is 10.2 Å². The number of aromatic hydroxyl groups is 2. The number of benzene rings is 2. The third-order valence-electron chi connectivity index (χ3n) is 5.23. The minimum absolute atomic E-state index is 0.218. The summed E-state index contributed by atoms with van der Waals surface area (Å²) in [5.74, 6) is 0.921. The van der Waals surface area contributed by atoms with Gasteiger partial charge in [-0.2, -0.15) is 0 Å². The van der Waals surface area contributed by atoms with Gasteiger partial charge in [0, 0.05) is 27.8 Å². The number of fused-ring (bicyclic) bond motifs is 2. The monoisotopic (exact) mass is 324 g/mol. The van der Waals surface area contributed by atoms with E-state index in [1.54, 1.807) is 0 Å². The normalized spacial score (nSPS) is 16.5. The van der Waals surface area contributed by atoms with Crippen LogP contribution in [0.15, 0.2) is 36.4 Å². The van der Waals surface area contributed by atoms with Gasteiger partial charge in [-0.15, -0.1) is 0 Å². The van der Waals surface area contributed by atoms with Crippen molar-refractivity contribution in [3.63, 3.8) is 0 Å². The SMILES string of the molecule is CCCCCCCCC1C=CCc2c1c(O)c1ccccc1c2O. The Morgan fingerprint density at radius 1 is 0.917 bits per heavy atom. The van der Waals surface area contributed by atoms with E-state index in [2.05, 4.69) is 19.1 Å². The fraction of sp³-hybridized carbons (Fsp3) is 0.455. The lowest BCUT2D eigenvalue weighted by Gasteiger charge is -2.24. The Bertz CT molecular complexity index is 730. The Kier molecular flexibility index (Phi) is 5.44. The molecule has 0 bridgehead atoms. The lowest BCUT2D eigenvalue weighted by atomic mass is 9.81. The number of phenols is 2. The fourth-order valence-electron chi connectivity index (χ4n) is 3.91. The van der Waals surface area contributed by atoms with Crippen LogP contribution >= 0.6 is 0 Å². The van der Waals surface area contributed by atoms with Crippen LogP contribution in [0.25, 0.3) is 10.8 Å². The summed E-state index contributed by atoms with van der Waals surface area (Å²) in [6.07, 6.45) is 13.7. The number of allylic oxidation sites excluding steroid dienone is 2. The molecule has 2 nitrogen and oxygen atoms in total. The van der Waals surface area contributed by atoms with Gasteiger partial charge in [0.1, 0.15) is 11.5 Å². The van der Waals surface area contributed by atoms with E-state index in [0.29, 0.717) is 17.9 Å². The molecule has 2 aromatic carbocycles. The summed E-state index contributed by atoms with van der Waals surface area (Å²) in [6, 6.07) is 7.59. The lowest BCUT2D eigenvalue weighted by Crippen LogP contribution is -2.06. The average molecular weight is 324 g/mol. The number of rotatable bonds is 7. The molecule has 0 fully saturated rings. The van der Waals surface area contributed by atoms with Crippen molar-refractivity contribution in [1.29, 1.82) is 0 Å². The largest absolute Gasteiger partial charge is 0.507 e. The third-order valence-corrected chi connectivity index (χ3v) is 5.23. The summed E-state index contributed by atoms with van der Waals surface area (Å²) < 4.78 is 0. The van der Waals surface area contributed by atoms with Crippen molar-refractivity contribution in [3.05, 3.63) is 47.5 Å². The van der Waals surface area contributed by atoms with E-state index >= 15 is 0 Å². The summed E-state index contributed by atoms with van der Waals surface area (Å²) in [5, 5.41) is 23.0. The molecule has 2 heteroatoms. The van der Waals surface area contributed by atoms with Crippen LogP contribution in [0.1, 0.15) is 68.9 Å². The summed E-state index contributed by atoms with van der Waals surface area (Å²) in [7, 11) is 0. The van der Waals surface area contributed by atoms with Gasteiger partial charge in [-0.3, -0.25) is 0 Å². The molecular weight excluding hydrogens is 296 g/mol. The van der Waals surface area contributed by atoms with Crippen LogP contribution in [0, 0.1) is 0 Å². The van der Waals surface area contributed by atoms with Crippen LogP contribution in [0.5, 0.6) is 11.5 Å². The number of unbranched alkanes of at least 4 members (excludes halogenated alkanes) is 5. The minimum Gasteiger partial charge on any atom is -0.507 e. The van der Waals surface area contributed by atoms with Gasteiger partial charge in [0.2, 0.25) is 0 Å². The highest BCUT2D eigenvalue weighted by atomic mass is 16.3. The zero-order valence-electron chi connectivity index (χ0n) is 14.6. The number of phenolic OH excluding ortho intramolecular Hbond substituents is 2. The third kappa shape index (κ3) is 3.28. The maximum atomic E-state index is 10.8. The van der Waals surface area contributed by atoms with Gasteiger partial charge in [0.15, 0.2) is 0 Å². The summed E-state index contributed by atoms with van der Waals surface area (Å²) in [4.78, 5) is 0. The first-order chi connectivity index (χ1) is 11.7. The first-order valence-corrected chi connectivity index (χ1v) is 9.36. The van der Waals surface area contributed by atoms with E-state index in [0.717, 1.165) is 28.3 Å². The van der Waals surface area contributed by atoms with Gasteiger partial charge in [-0.05, 0) is 12.8 Å². The van der Waals surface area contributed by atoms with Crippen molar-refractivity contribution in [1.82, 2.24) is 0 Å². The van der Waals surface area contributed by atoms with E-state index in [4.69, 9.17) is 0 Å². The second-order valence-corrected chi connectivity index (χ2v) is 6.93. The molecule has 0 amide bonds. The second-order valence-electron chi connectivity index (χ2n) is 6.93. The van der Waals surface area contributed by atoms with Crippen molar-refractivity contribution in [2.45, 2.75) is 64.2 Å². The molecule has 0 heterocycles. The maximum absolute atomic E-state index is 10.8. The van der Waals surface area contributed by atoms with E-state index in [1.165, 1.54) is 38.5 Å². The maximum Gasteiger partial charge on any atom is 0.127 e. The zero-order chi connectivity index (χ0) is 16.9. The fourth-order valence-corrected chi connectivity index (χ4v) is 3.91. The second kappa shape index (κ2) is 7.74. The summed E-state index contributed by atoms with van der Waals surface area (Å²) in [6.45, 7) is 2.24. The van der Waals surface area contributed by atoms with Crippen LogP contribution in [0.3, 0.4) is 0 Å². The molecule has 128 valence electrons. The molecule has 2 N–H and O–H groups in total. The van der Waals surface area contributed by atoms with Crippen LogP contribution in [0.2, 0.25) is 0 Å². The van der Waals surface area contributed by atoms with Crippen molar-refractivity contribution in [2.75, 3.05) is 0 Å². The van der Waals surface area contributed by atoms with E-state index < -0.39 is 0 Å². The molecule has 0 saturated heterocycles. The van der Waals surface area contributed by atoms with Crippen LogP contribution in [-0.4, -0.2) is 10.2 Å². The van der Waals surface area contributed by atoms with Gasteiger partial charge in [0.05, 0.1) is 0 Å². The average Bonchev–Trinajstić information content (AvgIpc) is 2.62. The molecule has 24 heavy (non-hydrogen) atoms. The smallest absolute Gasteiger partial charge is 0.127 e. The highest BCUT2D eigenvalue weighted by Gasteiger charge is 2.25. The first-order valence-electron chi connectivity index (χ1n) is 9.36. The molecule has 1 aliphatic carbocycles.